The molecule has 8 nitrogen and oxygen atoms in total. The molecule has 0 saturated heterocycles. The fraction of sp³-hybridized carbons (Fsp3) is 0.320. The smallest absolute Gasteiger partial charge is 0.273 e. The zero-order valence-electron chi connectivity index (χ0n) is 19.0. The van der Waals surface area contributed by atoms with Crippen LogP contribution in [0.25, 0.3) is 0 Å². The first-order valence-corrected chi connectivity index (χ1v) is 10.8. The van der Waals surface area contributed by atoms with E-state index in [1.165, 1.54) is 7.11 Å². The highest BCUT2D eigenvalue weighted by Gasteiger charge is 2.18. The zero-order valence-corrected chi connectivity index (χ0v) is 19.0. The molecule has 0 bridgehead atoms. The fourth-order valence-corrected chi connectivity index (χ4v) is 3.30. The summed E-state index contributed by atoms with van der Waals surface area (Å²) in [7, 11) is 3.10. The quantitative estimate of drug-likeness (QED) is 0.455. The lowest BCUT2D eigenvalue weighted by atomic mass is 10.1. The van der Waals surface area contributed by atoms with Gasteiger partial charge in [-0.1, -0.05) is 47.6 Å². The highest BCUT2D eigenvalue weighted by atomic mass is 16.5. The molecule has 1 heterocycles. The SMILES string of the molecule is COCC(=O)N(CCc1ccccc1)Cc1cc(C(=O)NCCc2ccc(OC)cc2)no1. The van der Waals surface area contributed by atoms with E-state index in [-0.39, 0.29) is 30.7 Å². The molecule has 33 heavy (non-hydrogen) atoms. The minimum Gasteiger partial charge on any atom is -0.497 e. The van der Waals surface area contributed by atoms with Crippen LogP contribution in [0.5, 0.6) is 5.75 Å². The van der Waals surface area contributed by atoms with Crippen LogP contribution in [-0.4, -0.2) is 55.8 Å². The fourth-order valence-electron chi connectivity index (χ4n) is 3.30. The molecule has 0 aliphatic carbocycles. The first kappa shape index (κ1) is 24.0. The Morgan fingerprint density at radius 1 is 1.00 bits per heavy atom. The Hall–Kier alpha value is -3.65. The number of benzene rings is 2. The van der Waals surface area contributed by atoms with Gasteiger partial charge in [-0.3, -0.25) is 9.59 Å². The number of nitrogens with zero attached hydrogens (tertiary/aromatic N) is 2. The molecule has 1 aromatic heterocycles. The standard InChI is InChI=1S/C25H29N3O5/c1-31-18-24(29)28(15-13-19-6-4-3-5-7-19)17-22-16-23(27-33-22)25(30)26-14-12-20-8-10-21(32-2)11-9-20/h3-11,16H,12-15,17-18H2,1-2H3,(H,26,30). The van der Waals surface area contributed by atoms with Gasteiger partial charge in [-0.05, 0) is 36.1 Å². The van der Waals surface area contributed by atoms with Crippen LogP contribution >= 0.6 is 0 Å². The van der Waals surface area contributed by atoms with E-state index in [1.807, 2.05) is 54.6 Å². The number of hydrogen-bond donors (Lipinski definition) is 1. The summed E-state index contributed by atoms with van der Waals surface area (Å²) in [5.74, 6) is 0.750. The van der Waals surface area contributed by atoms with Gasteiger partial charge < -0.3 is 24.2 Å². The average molecular weight is 452 g/mol. The highest BCUT2D eigenvalue weighted by molar-refractivity contribution is 5.92. The maximum Gasteiger partial charge on any atom is 0.273 e. The first-order valence-electron chi connectivity index (χ1n) is 10.8. The van der Waals surface area contributed by atoms with Crippen LogP contribution in [-0.2, 0) is 28.9 Å². The maximum atomic E-state index is 12.5. The average Bonchev–Trinajstić information content (AvgIpc) is 3.31. The van der Waals surface area contributed by atoms with E-state index in [4.69, 9.17) is 14.0 Å². The normalized spacial score (nSPS) is 10.6. The number of nitrogens with one attached hydrogen (secondary N) is 1. The van der Waals surface area contributed by atoms with Crippen molar-refractivity contribution in [3.8, 4) is 5.75 Å². The van der Waals surface area contributed by atoms with Crippen molar-refractivity contribution < 1.29 is 23.6 Å². The molecule has 2 amide bonds. The summed E-state index contributed by atoms with van der Waals surface area (Å²) in [6.45, 7) is 1.14. The van der Waals surface area contributed by atoms with Crippen molar-refractivity contribution in [1.82, 2.24) is 15.4 Å². The Balaban J connectivity index is 1.53. The molecule has 1 N–H and O–H groups in total. The van der Waals surface area contributed by atoms with Crippen molar-refractivity contribution in [3.05, 3.63) is 83.2 Å². The van der Waals surface area contributed by atoms with Gasteiger partial charge >= 0.3 is 0 Å². The Morgan fingerprint density at radius 2 is 1.73 bits per heavy atom. The van der Waals surface area contributed by atoms with Gasteiger partial charge in [-0.15, -0.1) is 0 Å². The van der Waals surface area contributed by atoms with Crippen molar-refractivity contribution in [2.45, 2.75) is 19.4 Å². The lowest BCUT2D eigenvalue weighted by Crippen LogP contribution is -2.35. The summed E-state index contributed by atoms with van der Waals surface area (Å²) in [4.78, 5) is 26.5. The second-order valence-corrected chi connectivity index (χ2v) is 7.52. The Bertz CT molecular complexity index is 1020. The van der Waals surface area contributed by atoms with Gasteiger partial charge in [-0.2, -0.15) is 0 Å². The van der Waals surface area contributed by atoms with Crippen molar-refractivity contribution >= 4 is 11.8 Å². The van der Waals surface area contributed by atoms with Crippen molar-refractivity contribution in [1.29, 1.82) is 0 Å². The summed E-state index contributed by atoms with van der Waals surface area (Å²) in [5.41, 5.74) is 2.40. The Labute approximate surface area is 193 Å². The molecule has 0 aliphatic heterocycles. The number of hydrogen-bond acceptors (Lipinski definition) is 6. The Kier molecular flexibility index (Phi) is 9.02. The van der Waals surface area contributed by atoms with E-state index >= 15 is 0 Å². The van der Waals surface area contributed by atoms with E-state index < -0.39 is 0 Å². The summed E-state index contributed by atoms with van der Waals surface area (Å²) < 4.78 is 15.5. The molecule has 0 aliphatic rings. The van der Waals surface area contributed by atoms with E-state index in [0.29, 0.717) is 31.7 Å². The number of carbonyl (C=O) groups is 2. The van der Waals surface area contributed by atoms with Crippen LogP contribution in [0.1, 0.15) is 27.4 Å². The van der Waals surface area contributed by atoms with Gasteiger partial charge in [0.05, 0.1) is 13.7 Å². The van der Waals surface area contributed by atoms with Gasteiger partial charge in [0.25, 0.3) is 5.91 Å². The number of aromatic nitrogens is 1. The molecule has 0 spiro atoms. The molecule has 3 aromatic rings. The Morgan fingerprint density at radius 3 is 2.42 bits per heavy atom. The van der Waals surface area contributed by atoms with Crippen molar-refractivity contribution in [3.63, 3.8) is 0 Å². The lowest BCUT2D eigenvalue weighted by molar-refractivity contribution is -0.136. The molecule has 174 valence electrons. The highest BCUT2D eigenvalue weighted by Crippen LogP contribution is 2.12. The van der Waals surface area contributed by atoms with Gasteiger partial charge in [0.15, 0.2) is 11.5 Å². The molecule has 0 fully saturated rings. The number of ether oxygens (including phenoxy) is 2. The second kappa shape index (κ2) is 12.4. The summed E-state index contributed by atoms with van der Waals surface area (Å²) in [6, 6.07) is 19.2. The summed E-state index contributed by atoms with van der Waals surface area (Å²) >= 11 is 0. The minimum atomic E-state index is -0.322. The van der Waals surface area contributed by atoms with Crippen LogP contribution in [0.4, 0.5) is 0 Å². The third-order valence-electron chi connectivity index (χ3n) is 5.13. The largest absolute Gasteiger partial charge is 0.497 e. The summed E-state index contributed by atoms with van der Waals surface area (Å²) in [5, 5.41) is 6.71. The number of methoxy groups -OCH3 is 2. The molecule has 8 heteroatoms. The van der Waals surface area contributed by atoms with Crippen molar-refractivity contribution in [2.75, 3.05) is 33.9 Å². The van der Waals surface area contributed by atoms with Crippen LogP contribution in [0.15, 0.2) is 65.2 Å². The minimum absolute atomic E-state index is 0.0262. The second-order valence-electron chi connectivity index (χ2n) is 7.52. The maximum absolute atomic E-state index is 12.5. The molecule has 0 radical (unpaired) electrons. The molecular formula is C25H29N3O5. The molecule has 0 saturated carbocycles. The van der Waals surface area contributed by atoms with Crippen LogP contribution < -0.4 is 10.1 Å². The number of amides is 2. The van der Waals surface area contributed by atoms with E-state index in [2.05, 4.69) is 10.5 Å². The van der Waals surface area contributed by atoms with E-state index in [9.17, 15) is 9.59 Å². The predicted molar refractivity (Wildman–Crippen MR) is 123 cm³/mol. The van der Waals surface area contributed by atoms with Gasteiger partial charge in [0, 0.05) is 26.3 Å². The molecule has 0 unspecified atom stereocenters. The molecule has 3 rings (SSSR count). The van der Waals surface area contributed by atoms with Crippen LogP contribution in [0, 0.1) is 0 Å². The van der Waals surface area contributed by atoms with Crippen molar-refractivity contribution in [2.24, 2.45) is 0 Å². The summed E-state index contributed by atoms with van der Waals surface area (Å²) in [6.07, 6.45) is 1.38. The first-order chi connectivity index (χ1) is 16.1. The molecule has 0 atom stereocenters. The number of carbonyl (C=O) groups excluding carboxylic acids is 2. The van der Waals surface area contributed by atoms with Gasteiger partial charge in [0.2, 0.25) is 5.91 Å². The van der Waals surface area contributed by atoms with Gasteiger partial charge in [0.1, 0.15) is 12.4 Å². The molecule has 2 aromatic carbocycles. The molecular weight excluding hydrogens is 422 g/mol. The number of rotatable bonds is 12. The zero-order chi connectivity index (χ0) is 23.5. The predicted octanol–water partition coefficient (Wildman–Crippen LogP) is 2.87. The van der Waals surface area contributed by atoms with Crippen LogP contribution in [0.2, 0.25) is 0 Å². The van der Waals surface area contributed by atoms with Gasteiger partial charge in [-0.25, -0.2) is 0 Å². The third-order valence-corrected chi connectivity index (χ3v) is 5.13. The van der Waals surface area contributed by atoms with E-state index in [0.717, 1.165) is 16.9 Å². The monoisotopic (exact) mass is 451 g/mol. The van der Waals surface area contributed by atoms with E-state index in [1.54, 1.807) is 18.1 Å². The van der Waals surface area contributed by atoms with Crippen LogP contribution in [0.3, 0.4) is 0 Å². The topological polar surface area (TPSA) is 93.9 Å². The lowest BCUT2D eigenvalue weighted by Gasteiger charge is -2.21. The third kappa shape index (κ3) is 7.47.